The molecular formula is C11H10Cl2N2O. The minimum atomic E-state index is 0.533. The fourth-order valence-corrected chi connectivity index (χ4v) is 1.94. The molecule has 0 atom stereocenters. The van der Waals surface area contributed by atoms with Gasteiger partial charge >= 0.3 is 0 Å². The van der Waals surface area contributed by atoms with Crippen molar-refractivity contribution in [1.29, 1.82) is 0 Å². The van der Waals surface area contributed by atoms with Gasteiger partial charge in [-0.1, -0.05) is 28.4 Å². The fourth-order valence-electron chi connectivity index (χ4n) is 1.41. The summed E-state index contributed by atoms with van der Waals surface area (Å²) >= 11 is 11.8. The van der Waals surface area contributed by atoms with Crippen molar-refractivity contribution >= 4 is 23.2 Å². The predicted molar refractivity (Wildman–Crippen MR) is 64.7 cm³/mol. The smallest absolute Gasteiger partial charge is 0.138 e. The van der Waals surface area contributed by atoms with Crippen molar-refractivity contribution in [3.63, 3.8) is 0 Å². The molecule has 3 nitrogen and oxygen atoms in total. The average molecular weight is 257 g/mol. The third kappa shape index (κ3) is 2.55. The molecule has 5 heteroatoms. The molecule has 2 N–H and O–H groups in total. The van der Waals surface area contributed by atoms with Crippen molar-refractivity contribution in [2.45, 2.75) is 6.42 Å². The van der Waals surface area contributed by atoms with Crippen molar-refractivity contribution in [3.05, 3.63) is 40.1 Å². The quantitative estimate of drug-likeness (QED) is 0.918. The average Bonchev–Trinajstić information content (AvgIpc) is 2.65. The van der Waals surface area contributed by atoms with E-state index in [9.17, 15) is 0 Å². The van der Waals surface area contributed by atoms with Crippen LogP contribution >= 0.6 is 23.2 Å². The number of nitrogens with two attached hydrogens (primary N) is 1. The third-order valence-corrected chi connectivity index (χ3v) is 2.54. The van der Waals surface area contributed by atoms with E-state index in [0.29, 0.717) is 28.7 Å². The van der Waals surface area contributed by atoms with Crippen LogP contribution in [0.25, 0.3) is 11.3 Å². The van der Waals surface area contributed by atoms with Gasteiger partial charge in [0.2, 0.25) is 0 Å². The summed E-state index contributed by atoms with van der Waals surface area (Å²) in [5.74, 6) is 0.758. The van der Waals surface area contributed by atoms with E-state index in [1.54, 1.807) is 18.2 Å². The highest BCUT2D eigenvalue weighted by molar-refractivity contribution is 6.35. The molecule has 2 rings (SSSR count). The number of halogens is 2. The van der Waals surface area contributed by atoms with Crippen molar-refractivity contribution in [2.24, 2.45) is 5.73 Å². The van der Waals surface area contributed by atoms with E-state index in [1.165, 1.54) is 0 Å². The minimum Gasteiger partial charge on any atom is -0.361 e. The van der Waals surface area contributed by atoms with Gasteiger partial charge in [0, 0.05) is 28.1 Å². The molecule has 0 bridgehead atoms. The molecule has 0 radical (unpaired) electrons. The van der Waals surface area contributed by atoms with Gasteiger partial charge in [0.1, 0.15) is 11.5 Å². The highest BCUT2D eigenvalue weighted by Gasteiger charge is 2.07. The summed E-state index contributed by atoms with van der Waals surface area (Å²) in [4.78, 5) is 0. The number of benzene rings is 1. The van der Waals surface area contributed by atoms with Crippen LogP contribution in [-0.4, -0.2) is 11.7 Å². The van der Waals surface area contributed by atoms with Crippen molar-refractivity contribution in [3.8, 4) is 11.3 Å². The summed E-state index contributed by atoms with van der Waals surface area (Å²) in [5.41, 5.74) is 6.98. The van der Waals surface area contributed by atoms with Crippen LogP contribution in [0.3, 0.4) is 0 Å². The largest absolute Gasteiger partial charge is 0.361 e. The van der Waals surface area contributed by atoms with E-state index in [-0.39, 0.29) is 0 Å². The Morgan fingerprint density at radius 3 is 2.44 bits per heavy atom. The van der Waals surface area contributed by atoms with Crippen LogP contribution in [0.5, 0.6) is 0 Å². The number of rotatable bonds is 3. The summed E-state index contributed by atoms with van der Waals surface area (Å²) < 4.78 is 5.12. The zero-order valence-corrected chi connectivity index (χ0v) is 9.92. The van der Waals surface area contributed by atoms with E-state index in [0.717, 1.165) is 11.3 Å². The second-order valence-corrected chi connectivity index (χ2v) is 4.25. The summed E-state index contributed by atoms with van der Waals surface area (Å²) in [6, 6.07) is 7.09. The Labute approximate surface area is 103 Å². The Morgan fingerprint density at radius 2 is 1.81 bits per heavy atom. The first-order valence-electron chi connectivity index (χ1n) is 4.81. The van der Waals surface area contributed by atoms with Crippen LogP contribution in [0.1, 0.15) is 5.76 Å². The number of nitrogens with zero attached hydrogens (tertiary/aromatic N) is 1. The van der Waals surface area contributed by atoms with Gasteiger partial charge in [0.05, 0.1) is 0 Å². The molecule has 0 unspecified atom stereocenters. The van der Waals surface area contributed by atoms with E-state index < -0.39 is 0 Å². The summed E-state index contributed by atoms with van der Waals surface area (Å²) in [6.45, 7) is 0.533. The molecule has 0 aliphatic heterocycles. The summed E-state index contributed by atoms with van der Waals surface area (Å²) in [6.07, 6.45) is 0.668. The highest BCUT2D eigenvalue weighted by atomic mass is 35.5. The number of aromatic nitrogens is 1. The van der Waals surface area contributed by atoms with E-state index in [2.05, 4.69) is 5.16 Å². The molecule has 0 aliphatic carbocycles. The summed E-state index contributed by atoms with van der Waals surface area (Å²) in [7, 11) is 0. The third-order valence-electron chi connectivity index (χ3n) is 2.11. The Kier molecular flexibility index (Phi) is 3.49. The second-order valence-electron chi connectivity index (χ2n) is 3.38. The van der Waals surface area contributed by atoms with Crippen LogP contribution in [0.4, 0.5) is 0 Å². The molecule has 16 heavy (non-hydrogen) atoms. The highest BCUT2D eigenvalue weighted by Crippen LogP contribution is 2.26. The van der Waals surface area contributed by atoms with Gasteiger partial charge < -0.3 is 10.3 Å². The standard InChI is InChI=1S/C11H10Cl2N2O/c12-8-3-7(4-9(13)5-8)11-6-10(1-2-14)16-15-11/h3-6H,1-2,14H2. The van der Waals surface area contributed by atoms with Gasteiger partial charge in [0.15, 0.2) is 0 Å². The van der Waals surface area contributed by atoms with E-state index in [1.807, 2.05) is 6.07 Å². The second kappa shape index (κ2) is 4.87. The molecule has 1 heterocycles. The maximum absolute atomic E-state index is 5.91. The zero-order valence-electron chi connectivity index (χ0n) is 8.41. The first-order valence-corrected chi connectivity index (χ1v) is 5.57. The van der Waals surface area contributed by atoms with Gasteiger partial charge in [-0.25, -0.2) is 0 Å². The Balaban J connectivity index is 2.34. The first kappa shape index (κ1) is 11.5. The van der Waals surface area contributed by atoms with Crippen LogP contribution in [0.15, 0.2) is 28.8 Å². The molecular weight excluding hydrogens is 247 g/mol. The van der Waals surface area contributed by atoms with E-state index >= 15 is 0 Å². The maximum Gasteiger partial charge on any atom is 0.138 e. The number of hydrogen-bond acceptors (Lipinski definition) is 3. The van der Waals surface area contributed by atoms with Crippen molar-refractivity contribution < 1.29 is 4.52 Å². The lowest BCUT2D eigenvalue weighted by atomic mass is 10.1. The molecule has 0 aliphatic rings. The van der Waals surface area contributed by atoms with Gasteiger partial charge in [0.25, 0.3) is 0 Å². The van der Waals surface area contributed by atoms with Gasteiger partial charge in [-0.05, 0) is 24.7 Å². The first-order chi connectivity index (χ1) is 7.69. The van der Waals surface area contributed by atoms with Crippen molar-refractivity contribution in [1.82, 2.24) is 5.16 Å². The van der Waals surface area contributed by atoms with E-state index in [4.69, 9.17) is 33.5 Å². The Bertz CT molecular complexity index is 476. The SMILES string of the molecule is NCCc1cc(-c2cc(Cl)cc(Cl)c2)no1. The van der Waals surface area contributed by atoms with Gasteiger partial charge in [-0.15, -0.1) is 0 Å². The molecule has 2 aromatic rings. The molecule has 0 spiro atoms. The molecule has 1 aromatic carbocycles. The van der Waals surface area contributed by atoms with Gasteiger partial charge in [-0.2, -0.15) is 0 Å². The van der Waals surface area contributed by atoms with Crippen LogP contribution < -0.4 is 5.73 Å². The number of hydrogen-bond donors (Lipinski definition) is 1. The van der Waals surface area contributed by atoms with Crippen LogP contribution in [0.2, 0.25) is 10.0 Å². The predicted octanol–water partition coefficient (Wildman–Crippen LogP) is 3.15. The van der Waals surface area contributed by atoms with Crippen molar-refractivity contribution in [2.75, 3.05) is 6.54 Å². The molecule has 84 valence electrons. The fraction of sp³-hybridized carbons (Fsp3) is 0.182. The normalized spacial score (nSPS) is 10.7. The molecule has 0 saturated heterocycles. The molecule has 0 saturated carbocycles. The lowest BCUT2D eigenvalue weighted by Crippen LogP contribution is -2.01. The lowest BCUT2D eigenvalue weighted by molar-refractivity contribution is 0.386. The minimum absolute atomic E-state index is 0.533. The molecule has 0 fully saturated rings. The monoisotopic (exact) mass is 256 g/mol. The lowest BCUT2D eigenvalue weighted by Gasteiger charge is -1.97. The zero-order chi connectivity index (χ0) is 11.5. The maximum atomic E-state index is 5.91. The summed E-state index contributed by atoms with van der Waals surface area (Å²) in [5, 5.41) is 5.09. The topological polar surface area (TPSA) is 52.0 Å². The molecule has 0 amide bonds. The van der Waals surface area contributed by atoms with Gasteiger partial charge in [-0.3, -0.25) is 0 Å². The Hall–Kier alpha value is -1.03. The Morgan fingerprint density at radius 1 is 1.12 bits per heavy atom. The van der Waals surface area contributed by atoms with Crippen LogP contribution in [0, 0.1) is 0 Å². The van der Waals surface area contributed by atoms with Crippen LogP contribution in [-0.2, 0) is 6.42 Å². The molecule has 1 aromatic heterocycles.